The summed E-state index contributed by atoms with van der Waals surface area (Å²) in [5.74, 6) is 1.15. The third kappa shape index (κ3) is 18.9. The van der Waals surface area contributed by atoms with Crippen molar-refractivity contribution in [1.29, 1.82) is 0 Å². The van der Waals surface area contributed by atoms with Crippen molar-refractivity contribution in [3.63, 3.8) is 0 Å². The topological polar surface area (TPSA) is 194 Å². The molecule has 0 amide bonds. The molecule has 4 fully saturated rings. The van der Waals surface area contributed by atoms with Gasteiger partial charge in [-0.3, -0.25) is 18.7 Å². The average molecular weight is 1160 g/mol. The van der Waals surface area contributed by atoms with Gasteiger partial charge in [0.1, 0.15) is 25.1 Å². The first kappa shape index (κ1) is 61.4. The Hall–Kier alpha value is -4.25. The van der Waals surface area contributed by atoms with Gasteiger partial charge in [-0.15, -0.1) is 0 Å². The number of ether oxygens (including phenoxy) is 2. The highest BCUT2D eigenvalue weighted by Gasteiger charge is 2.38. The molecule has 0 bridgehead atoms. The van der Waals surface area contributed by atoms with Crippen LogP contribution in [0.5, 0.6) is 0 Å². The molecule has 2 saturated carbocycles. The summed E-state index contributed by atoms with van der Waals surface area (Å²) in [6.07, 6.45) is 11.2. The van der Waals surface area contributed by atoms with Gasteiger partial charge >= 0.3 is 0 Å². The molecule has 8 rings (SSSR count). The van der Waals surface area contributed by atoms with Gasteiger partial charge < -0.3 is 29.9 Å². The van der Waals surface area contributed by atoms with E-state index in [1.165, 1.54) is 45.4 Å². The minimum atomic E-state index is -3.26. The molecule has 2 N–H and O–H groups in total. The predicted molar refractivity (Wildman–Crippen MR) is 310 cm³/mol. The van der Waals surface area contributed by atoms with Crippen molar-refractivity contribution in [2.75, 3.05) is 101 Å². The van der Waals surface area contributed by atoms with Gasteiger partial charge in [0, 0.05) is 118 Å². The molecule has 2 aromatic heterocycles. The van der Waals surface area contributed by atoms with Gasteiger partial charge in [-0.2, -0.15) is 8.61 Å². The van der Waals surface area contributed by atoms with Crippen LogP contribution >= 0.6 is 0 Å². The molecule has 0 spiro atoms. The van der Waals surface area contributed by atoms with Crippen LogP contribution in [0.25, 0.3) is 0 Å². The number of halogens is 2. The maximum atomic E-state index is 13.3. The Morgan fingerprint density at radius 2 is 0.910 bits per heavy atom. The number of sulfonamides is 2. The van der Waals surface area contributed by atoms with Crippen LogP contribution in [0, 0.1) is 11.6 Å². The molecule has 4 aromatic rings. The van der Waals surface area contributed by atoms with Gasteiger partial charge in [-0.05, 0) is 99.1 Å². The second-order valence-corrected chi connectivity index (χ2v) is 39.0. The average Bonchev–Trinajstić information content (AvgIpc) is 4.34. The highest BCUT2D eigenvalue weighted by molar-refractivity contribution is 7.88. The first-order valence-corrected chi connectivity index (χ1v) is 38.7. The SMILES string of the molecule is C[Si](C)(C)CCOCn1cc(CCCN[C@@H]2C[C@H]2c2ccc(F)cc2)nc(N2CCN(S(C)(=O)=O)CC2)c1=O.C[Si](C)(C)CCOCn1cc(CCCN[C@@H]2C[C@H]2c2ccc(F)cc2)nc(N2CCN(S(C)(=O)=O)CC2)c1=O. The highest BCUT2D eigenvalue weighted by Crippen LogP contribution is 2.41. The summed E-state index contributed by atoms with van der Waals surface area (Å²) in [5.41, 5.74) is 3.54. The molecule has 0 radical (unpaired) electrons. The smallest absolute Gasteiger partial charge is 0.295 e. The van der Waals surface area contributed by atoms with Crippen molar-refractivity contribution in [3.05, 3.63) is 116 Å². The van der Waals surface area contributed by atoms with Crippen molar-refractivity contribution >= 4 is 47.8 Å². The molecule has 24 heteroatoms. The number of rotatable bonds is 26. The van der Waals surface area contributed by atoms with E-state index in [0.717, 1.165) is 73.4 Å². The number of nitrogens with zero attached hydrogens (tertiary/aromatic N) is 8. The minimum absolute atomic E-state index is 0.175. The van der Waals surface area contributed by atoms with E-state index in [1.54, 1.807) is 21.5 Å². The van der Waals surface area contributed by atoms with Gasteiger partial charge in [0.2, 0.25) is 20.0 Å². The highest BCUT2D eigenvalue weighted by atomic mass is 32.2. The fourth-order valence-electron chi connectivity index (χ4n) is 9.66. The molecule has 2 aliphatic carbocycles. The van der Waals surface area contributed by atoms with Crippen molar-refractivity contribution in [3.8, 4) is 0 Å². The molecule has 2 aliphatic heterocycles. The maximum Gasteiger partial charge on any atom is 0.295 e. The normalized spacial score (nSPS) is 20.4. The fourth-order valence-corrected chi connectivity index (χ4v) is 12.8. The fraction of sp³-hybridized carbons (Fsp3) is 0.630. The summed E-state index contributed by atoms with van der Waals surface area (Å²) in [7, 11) is -9.02. The van der Waals surface area contributed by atoms with Gasteiger partial charge in [0.05, 0.1) is 23.9 Å². The van der Waals surface area contributed by atoms with E-state index in [-0.39, 0.29) is 36.2 Å². The van der Waals surface area contributed by atoms with Crippen LogP contribution in [-0.4, -0.2) is 164 Å². The van der Waals surface area contributed by atoms with Gasteiger partial charge in [0.25, 0.3) is 11.1 Å². The molecule has 0 unspecified atom stereocenters. The second kappa shape index (κ2) is 27.0. The number of hydrogen-bond donors (Lipinski definition) is 2. The zero-order valence-corrected chi connectivity index (χ0v) is 50.7. The second-order valence-electron chi connectivity index (χ2n) is 23.8. The lowest BCUT2D eigenvalue weighted by molar-refractivity contribution is 0.0843. The minimum Gasteiger partial charge on any atom is -0.361 e. The third-order valence-corrected chi connectivity index (χ3v) is 20.7. The number of aryl methyl sites for hydroxylation is 2. The molecular formula is C54H84F2N10O8S2Si2. The Balaban J connectivity index is 0.000000226. The molecule has 18 nitrogen and oxygen atoms in total. The van der Waals surface area contributed by atoms with Crippen LogP contribution in [0.15, 0.2) is 70.5 Å². The summed E-state index contributed by atoms with van der Waals surface area (Å²) in [4.78, 5) is 39.9. The summed E-state index contributed by atoms with van der Waals surface area (Å²) in [6, 6.07) is 16.3. The van der Waals surface area contributed by atoms with Gasteiger partial charge in [-0.25, -0.2) is 35.6 Å². The standard InChI is InChI=1S/2C27H42FN5O4SSi/c2*1-38(35,36)33-14-12-31(13-15-33)26-27(34)32(20-37-16-17-39(2,3)4)19-23(30-26)6-5-11-29-25-18-24(25)21-7-9-22(28)10-8-21/h2*7-10,19,24-25,29H,5-6,11-18,20H2,1-4H3/t2*24-,25+/m00/s1. The van der Waals surface area contributed by atoms with E-state index in [1.807, 2.05) is 34.1 Å². The van der Waals surface area contributed by atoms with E-state index in [0.29, 0.717) is 114 Å². The van der Waals surface area contributed by atoms with Crippen LogP contribution in [0.1, 0.15) is 60.0 Å². The van der Waals surface area contributed by atoms with Crippen LogP contribution in [0.2, 0.25) is 51.4 Å². The maximum absolute atomic E-state index is 13.3. The number of anilines is 2. The van der Waals surface area contributed by atoms with Gasteiger partial charge in [-0.1, -0.05) is 63.5 Å². The van der Waals surface area contributed by atoms with Crippen molar-refractivity contribution in [2.45, 2.75) is 127 Å². The zero-order valence-electron chi connectivity index (χ0n) is 47.1. The van der Waals surface area contributed by atoms with Crippen LogP contribution < -0.4 is 31.6 Å². The van der Waals surface area contributed by atoms with Crippen LogP contribution in [-0.2, 0) is 55.8 Å². The quantitative estimate of drug-likeness (QED) is 0.0574. The summed E-state index contributed by atoms with van der Waals surface area (Å²) >= 11 is 0. The van der Waals surface area contributed by atoms with Crippen molar-refractivity contribution in [1.82, 2.24) is 38.3 Å². The van der Waals surface area contributed by atoms with E-state index >= 15 is 0 Å². The van der Waals surface area contributed by atoms with Crippen molar-refractivity contribution < 1.29 is 35.1 Å². The van der Waals surface area contributed by atoms with E-state index in [2.05, 4.69) is 49.9 Å². The number of piperazine rings is 2. The Morgan fingerprint density at radius 3 is 1.23 bits per heavy atom. The first-order valence-electron chi connectivity index (χ1n) is 27.6. The van der Waals surface area contributed by atoms with Gasteiger partial charge in [0.15, 0.2) is 11.6 Å². The molecule has 4 aliphatic rings. The molecule has 2 aromatic carbocycles. The first-order chi connectivity index (χ1) is 36.8. The summed E-state index contributed by atoms with van der Waals surface area (Å²) in [6.45, 7) is 20.0. The molecular weight excluding hydrogens is 1070 g/mol. The Bertz CT molecular complexity index is 2750. The number of hydrogen-bond acceptors (Lipinski definition) is 14. The summed E-state index contributed by atoms with van der Waals surface area (Å²) < 4.78 is 92.0. The number of benzene rings is 2. The lowest BCUT2D eigenvalue weighted by Gasteiger charge is -2.33. The van der Waals surface area contributed by atoms with E-state index < -0.39 is 36.2 Å². The Labute approximate surface area is 463 Å². The predicted octanol–water partition coefficient (Wildman–Crippen LogP) is 5.71. The molecule has 78 heavy (non-hydrogen) atoms. The molecule has 4 heterocycles. The molecule has 2 saturated heterocycles. The zero-order chi connectivity index (χ0) is 56.4. The van der Waals surface area contributed by atoms with E-state index in [4.69, 9.17) is 19.4 Å². The Kier molecular flexibility index (Phi) is 21.3. The van der Waals surface area contributed by atoms with E-state index in [9.17, 15) is 35.2 Å². The molecule has 432 valence electrons. The molecule has 4 atom stereocenters. The lowest BCUT2D eigenvalue weighted by atomic mass is 10.1. The summed E-state index contributed by atoms with van der Waals surface area (Å²) in [5, 5.41) is 7.17. The third-order valence-electron chi connectivity index (χ3n) is 14.7. The number of nitrogens with one attached hydrogen (secondary N) is 2. The largest absolute Gasteiger partial charge is 0.361 e. The monoisotopic (exact) mass is 1160 g/mol. The Morgan fingerprint density at radius 1 is 0.564 bits per heavy atom. The van der Waals surface area contributed by atoms with Crippen LogP contribution in [0.3, 0.4) is 0 Å². The number of aromatic nitrogens is 4. The van der Waals surface area contributed by atoms with Crippen LogP contribution in [0.4, 0.5) is 20.4 Å². The lowest BCUT2D eigenvalue weighted by Crippen LogP contribution is -2.50. The van der Waals surface area contributed by atoms with Crippen molar-refractivity contribution in [2.24, 2.45) is 0 Å².